The molecule has 1 heterocycles. The molecule has 21 heavy (non-hydrogen) atoms. The van der Waals surface area contributed by atoms with E-state index in [0.29, 0.717) is 19.8 Å². The van der Waals surface area contributed by atoms with Gasteiger partial charge in [-0.1, -0.05) is 6.42 Å². The van der Waals surface area contributed by atoms with Crippen LogP contribution in [0.15, 0.2) is 0 Å². The molecular weight excluding hydrogens is 308 g/mol. The second-order valence-corrected chi connectivity index (χ2v) is 9.63. The fourth-order valence-electron chi connectivity index (χ4n) is 2.46. The Hall–Kier alpha value is -0.0831. The number of hydrogen-bond acceptors (Lipinski definition) is 5. The van der Waals surface area contributed by atoms with E-state index >= 15 is 0 Å². The van der Waals surface area contributed by atoms with Gasteiger partial charge in [0.15, 0.2) is 0 Å². The average molecular weight is 337 g/mol. The van der Waals surface area contributed by atoms with Gasteiger partial charge >= 0.3 is 14.8 Å². The third-order valence-corrected chi connectivity index (χ3v) is 8.50. The lowest BCUT2D eigenvalue weighted by molar-refractivity contribution is -0.138. The van der Waals surface area contributed by atoms with Crippen molar-refractivity contribution >= 4 is 26.5 Å². The van der Waals surface area contributed by atoms with Gasteiger partial charge in [-0.15, -0.1) is 11.8 Å². The smallest absolute Gasteiger partial charge is 0.480 e. The summed E-state index contributed by atoms with van der Waals surface area (Å²) in [7, 11) is -2.53. The molecule has 0 aromatic heterocycles. The highest BCUT2D eigenvalue weighted by atomic mass is 32.2. The van der Waals surface area contributed by atoms with Crippen LogP contribution in [-0.2, 0) is 18.1 Å². The summed E-state index contributed by atoms with van der Waals surface area (Å²) in [6.07, 6.45) is 2.88. The minimum Gasteiger partial charge on any atom is -0.480 e. The molecule has 0 aromatic rings. The third kappa shape index (κ3) is 5.24. The fraction of sp³-hybridized carbons (Fsp3) is 0.929. The highest BCUT2D eigenvalue weighted by Crippen LogP contribution is 2.55. The maximum absolute atomic E-state index is 11.1. The summed E-state index contributed by atoms with van der Waals surface area (Å²) >= 11 is 1.55. The van der Waals surface area contributed by atoms with Gasteiger partial charge in [0.2, 0.25) is 0 Å². The van der Waals surface area contributed by atoms with Crippen molar-refractivity contribution in [1.29, 1.82) is 0 Å². The van der Waals surface area contributed by atoms with Crippen LogP contribution in [0.2, 0.25) is 6.04 Å². The van der Waals surface area contributed by atoms with Gasteiger partial charge in [-0.05, 0) is 40.5 Å². The van der Waals surface area contributed by atoms with Gasteiger partial charge in [-0.3, -0.25) is 4.79 Å². The molecule has 0 aromatic carbocycles. The van der Waals surface area contributed by atoms with Gasteiger partial charge in [0.1, 0.15) is 4.75 Å². The van der Waals surface area contributed by atoms with Gasteiger partial charge in [0, 0.05) is 31.1 Å². The minimum absolute atomic E-state index is 0.248. The first kappa shape index (κ1) is 19.0. The van der Waals surface area contributed by atoms with Crippen molar-refractivity contribution in [1.82, 2.24) is 0 Å². The molecule has 1 fully saturated rings. The molecule has 0 spiro atoms. The Morgan fingerprint density at radius 2 is 1.67 bits per heavy atom. The number of carbonyl (C=O) groups is 1. The minimum atomic E-state index is -2.53. The predicted octanol–water partition coefficient (Wildman–Crippen LogP) is 3.16. The lowest BCUT2D eigenvalue weighted by Crippen LogP contribution is -2.45. The molecule has 1 rings (SSSR count). The maximum Gasteiger partial charge on any atom is 0.500 e. The van der Waals surface area contributed by atoms with E-state index in [0.717, 1.165) is 25.3 Å². The molecule has 0 aliphatic carbocycles. The van der Waals surface area contributed by atoms with Crippen LogP contribution in [0.5, 0.6) is 0 Å². The number of thioether (sulfide) groups is 1. The first-order valence-electron chi connectivity index (χ1n) is 7.77. The topological polar surface area (TPSA) is 65.0 Å². The summed E-state index contributed by atoms with van der Waals surface area (Å²) in [5.41, 5.74) is 0. The molecule has 2 unspecified atom stereocenters. The van der Waals surface area contributed by atoms with E-state index in [1.54, 1.807) is 11.8 Å². The van der Waals surface area contributed by atoms with Gasteiger partial charge < -0.3 is 18.4 Å². The Balaban J connectivity index is 2.35. The third-order valence-electron chi connectivity index (χ3n) is 3.66. The maximum atomic E-state index is 11.1. The SMILES string of the molecule is CCO[Si](CCCCC1SC1(C)C(=O)O)(OCC)OCC. The van der Waals surface area contributed by atoms with E-state index in [1.807, 2.05) is 27.7 Å². The van der Waals surface area contributed by atoms with Crippen LogP contribution in [0.3, 0.4) is 0 Å². The molecule has 1 aliphatic rings. The molecular formula is C14H28O5SSi. The van der Waals surface area contributed by atoms with Crippen molar-refractivity contribution in [2.24, 2.45) is 0 Å². The van der Waals surface area contributed by atoms with E-state index in [2.05, 4.69) is 0 Å². The highest BCUT2D eigenvalue weighted by Gasteiger charge is 2.57. The van der Waals surface area contributed by atoms with Crippen molar-refractivity contribution in [3.63, 3.8) is 0 Å². The van der Waals surface area contributed by atoms with Crippen molar-refractivity contribution < 1.29 is 23.2 Å². The molecule has 0 bridgehead atoms. The Labute approximate surface area is 133 Å². The van der Waals surface area contributed by atoms with Crippen molar-refractivity contribution in [3.8, 4) is 0 Å². The summed E-state index contributed by atoms with van der Waals surface area (Å²) in [5.74, 6) is -0.695. The Morgan fingerprint density at radius 1 is 1.14 bits per heavy atom. The molecule has 2 atom stereocenters. The lowest BCUT2D eigenvalue weighted by Gasteiger charge is -2.28. The second kappa shape index (κ2) is 8.52. The van der Waals surface area contributed by atoms with Crippen LogP contribution in [0.25, 0.3) is 0 Å². The number of rotatable bonds is 12. The van der Waals surface area contributed by atoms with E-state index in [-0.39, 0.29) is 5.25 Å². The quantitative estimate of drug-likeness (QED) is 0.335. The molecule has 7 heteroatoms. The van der Waals surface area contributed by atoms with Crippen molar-refractivity contribution in [2.45, 2.75) is 63.0 Å². The molecule has 0 saturated carbocycles. The summed E-state index contributed by atoms with van der Waals surface area (Å²) in [6.45, 7) is 9.48. The fourth-order valence-corrected chi connectivity index (χ4v) is 6.27. The molecule has 0 amide bonds. The molecule has 1 saturated heterocycles. The van der Waals surface area contributed by atoms with Crippen molar-refractivity contribution in [2.75, 3.05) is 19.8 Å². The zero-order valence-corrected chi connectivity index (χ0v) is 15.3. The Bertz CT molecular complexity index is 324. The summed E-state index contributed by atoms with van der Waals surface area (Å²) < 4.78 is 16.9. The summed E-state index contributed by atoms with van der Waals surface area (Å²) in [6, 6.07) is 0.809. The van der Waals surface area contributed by atoms with E-state index in [1.165, 1.54) is 0 Å². The number of carboxylic acids is 1. The largest absolute Gasteiger partial charge is 0.500 e. The first-order chi connectivity index (χ1) is 9.94. The number of carboxylic acid groups (broad SMARTS) is 1. The Morgan fingerprint density at radius 3 is 2.05 bits per heavy atom. The van der Waals surface area contributed by atoms with Crippen LogP contribution in [0, 0.1) is 0 Å². The highest BCUT2D eigenvalue weighted by molar-refractivity contribution is 8.09. The molecule has 0 radical (unpaired) electrons. The molecule has 1 aliphatic heterocycles. The van der Waals surface area contributed by atoms with Gasteiger partial charge in [-0.2, -0.15) is 0 Å². The van der Waals surface area contributed by atoms with Crippen molar-refractivity contribution in [3.05, 3.63) is 0 Å². The van der Waals surface area contributed by atoms with Gasteiger partial charge in [0.05, 0.1) is 0 Å². The number of unbranched alkanes of at least 4 members (excludes halogenated alkanes) is 1. The van der Waals surface area contributed by atoms with Crippen LogP contribution in [0.1, 0.15) is 47.0 Å². The van der Waals surface area contributed by atoms with Crippen LogP contribution in [0.4, 0.5) is 0 Å². The second-order valence-electron chi connectivity index (χ2n) is 5.25. The summed E-state index contributed by atoms with van der Waals surface area (Å²) in [4.78, 5) is 11.1. The molecule has 124 valence electrons. The van der Waals surface area contributed by atoms with Crippen LogP contribution in [-0.4, -0.2) is 49.7 Å². The Kier molecular flexibility index (Phi) is 7.70. The monoisotopic (exact) mass is 336 g/mol. The predicted molar refractivity (Wildman–Crippen MR) is 86.7 cm³/mol. The normalized spacial score (nSPS) is 25.0. The number of aliphatic carboxylic acids is 1. The zero-order valence-electron chi connectivity index (χ0n) is 13.5. The van der Waals surface area contributed by atoms with E-state index in [4.69, 9.17) is 18.4 Å². The molecule has 5 nitrogen and oxygen atoms in total. The summed E-state index contributed by atoms with van der Waals surface area (Å²) in [5, 5.41) is 9.35. The van der Waals surface area contributed by atoms with E-state index in [9.17, 15) is 4.79 Å². The number of hydrogen-bond donors (Lipinski definition) is 1. The average Bonchev–Trinajstić information content (AvgIpc) is 3.08. The zero-order chi connectivity index (χ0) is 15.9. The lowest BCUT2D eigenvalue weighted by atomic mass is 10.0. The first-order valence-corrected chi connectivity index (χ1v) is 10.6. The van der Waals surface area contributed by atoms with E-state index < -0.39 is 19.5 Å². The standard InChI is InChI=1S/C14H28O5SSi/c1-5-17-21(18-6-2,19-7-3)11-9-8-10-12-14(4,20-12)13(15)16/h12H,5-11H2,1-4H3,(H,15,16). The van der Waals surface area contributed by atoms with Crippen LogP contribution >= 0.6 is 11.8 Å². The molecule has 1 N–H and O–H groups in total. The van der Waals surface area contributed by atoms with Gasteiger partial charge in [-0.25, -0.2) is 0 Å². The van der Waals surface area contributed by atoms with Gasteiger partial charge in [0.25, 0.3) is 0 Å². The van der Waals surface area contributed by atoms with Crippen LogP contribution < -0.4 is 0 Å².